The largest absolute Gasteiger partial charge is 0.478 e. The summed E-state index contributed by atoms with van der Waals surface area (Å²) in [5, 5.41) is 19.0. The molecule has 0 radical (unpaired) electrons. The van der Waals surface area contributed by atoms with Crippen LogP contribution in [0.25, 0.3) is 10.9 Å². The first-order valence-electron chi connectivity index (χ1n) is 7.12. The summed E-state index contributed by atoms with van der Waals surface area (Å²) < 4.78 is 1.82. The molecule has 0 saturated carbocycles. The summed E-state index contributed by atoms with van der Waals surface area (Å²) in [5.41, 5.74) is 2.52. The molecule has 24 heavy (non-hydrogen) atoms. The van der Waals surface area contributed by atoms with Crippen LogP contribution in [0.3, 0.4) is 0 Å². The molecule has 0 saturated heterocycles. The number of hydrogen-bond donors (Lipinski definition) is 1. The van der Waals surface area contributed by atoms with E-state index in [0.29, 0.717) is 23.3 Å². The number of nitrogens with zero attached hydrogens (tertiary/aromatic N) is 3. The third-order valence-electron chi connectivity index (χ3n) is 3.83. The van der Waals surface area contributed by atoms with Gasteiger partial charge < -0.3 is 9.67 Å². The molecule has 0 spiro atoms. The molecular formula is C18H13N3O3. The molecule has 2 aromatic carbocycles. The summed E-state index contributed by atoms with van der Waals surface area (Å²) in [7, 11) is 1.82. The summed E-state index contributed by atoms with van der Waals surface area (Å²) in [6.45, 7) is 0. The van der Waals surface area contributed by atoms with Gasteiger partial charge >= 0.3 is 5.97 Å². The van der Waals surface area contributed by atoms with Gasteiger partial charge in [-0.05, 0) is 36.4 Å². The zero-order valence-corrected chi connectivity index (χ0v) is 12.8. The maximum atomic E-state index is 11.7. The number of rotatable bonds is 4. The highest BCUT2D eigenvalue weighted by atomic mass is 16.4. The first-order chi connectivity index (χ1) is 11.5. The molecule has 3 aromatic rings. The van der Waals surface area contributed by atoms with Crippen LogP contribution < -0.4 is 4.90 Å². The van der Waals surface area contributed by atoms with Gasteiger partial charge in [-0.2, -0.15) is 5.26 Å². The Kier molecular flexibility index (Phi) is 3.76. The highest BCUT2D eigenvalue weighted by Gasteiger charge is 2.16. The van der Waals surface area contributed by atoms with Crippen molar-refractivity contribution in [1.29, 1.82) is 5.26 Å². The highest BCUT2D eigenvalue weighted by Crippen LogP contribution is 2.33. The van der Waals surface area contributed by atoms with Crippen molar-refractivity contribution in [3.05, 3.63) is 59.8 Å². The maximum absolute atomic E-state index is 11.7. The number of carboxylic acid groups (broad SMARTS) is 1. The van der Waals surface area contributed by atoms with E-state index < -0.39 is 5.97 Å². The van der Waals surface area contributed by atoms with Crippen LogP contribution in [0.15, 0.2) is 48.7 Å². The lowest BCUT2D eigenvalue weighted by Crippen LogP contribution is -2.14. The van der Waals surface area contributed by atoms with E-state index in [1.165, 1.54) is 17.0 Å². The van der Waals surface area contributed by atoms with Gasteiger partial charge in [-0.1, -0.05) is 6.07 Å². The lowest BCUT2D eigenvalue weighted by molar-refractivity contribution is -0.106. The molecule has 6 nitrogen and oxygen atoms in total. The zero-order valence-electron chi connectivity index (χ0n) is 12.8. The number of anilines is 2. The Morgan fingerprint density at radius 1 is 1.29 bits per heavy atom. The Balaban J connectivity index is 2.17. The molecule has 0 aliphatic heterocycles. The van der Waals surface area contributed by atoms with Gasteiger partial charge in [0.1, 0.15) is 0 Å². The first-order valence-corrected chi connectivity index (χ1v) is 7.12. The predicted molar refractivity (Wildman–Crippen MR) is 89.2 cm³/mol. The fraction of sp³-hybridized carbons (Fsp3) is 0.0556. The molecule has 1 aromatic heterocycles. The molecule has 1 heterocycles. The van der Waals surface area contributed by atoms with Crippen LogP contribution in [0.4, 0.5) is 11.4 Å². The third-order valence-corrected chi connectivity index (χ3v) is 3.83. The van der Waals surface area contributed by atoms with Gasteiger partial charge in [0, 0.05) is 24.3 Å². The Bertz CT molecular complexity index is 998. The van der Waals surface area contributed by atoms with Crippen LogP contribution in [0.1, 0.15) is 15.9 Å². The summed E-state index contributed by atoms with van der Waals surface area (Å²) in [6.07, 6.45) is 2.42. The van der Waals surface area contributed by atoms with Crippen molar-refractivity contribution < 1.29 is 14.7 Å². The van der Waals surface area contributed by atoms with E-state index in [1.54, 1.807) is 36.5 Å². The Morgan fingerprint density at radius 3 is 2.75 bits per heavy atom. The number of benzene rings is 2. The number of aryl methyl sites for hydroxylation is 1. The van der Waals surface area contributed by atoms with Crippen molar-refractivity contribution in [2.24, 2.45) is 7.05 Å². The SMILES string of the molecule is Cn1cc(N(C=O)c2cccc(C(=O)O)c2)c2ccc(C#N)cc21. The van der Waals surface area contributed by atoms with Crippen molar-refractivity contribution in [3.63, 3.8) is 0 Å². The Hall–Kier alpha value is -3.59. The van der Waals surface area contributed by atoms with Crippen molar-refractivity contribution in [3.8, 4) is 6.07 Å². The van der Waals surface area contributed by atoms with Crippen molar-refractivity contribution in [2.45, 2.75) is 0 Å². The molecule has 1 N–H and O–H groups in total. The van der Waals surface area contributed by atoms with E-state index >= 15 is 0 Å². The van der Waals surface area contributed by atoms with Crippen LogP contribution in [0, 0.1) is 11.3 Å². The minimum atomic E-state index is -1.06. The summed E-state index contributed by atoms with van der Waals surface area (Å²) >= 11 is 0. The summed E-state index contributed by atoms with van der Waals surface area (Å²) in [5.74, 6) is -1.06. The molecule has 0 aliphatic rings. The Labute approximate surface area is 137 Å². The minimum absolute atomic E-state index is 0.103. The number of hydrogen-bond acceptors (Lipinski definition) is 3. The second-order valence-corrected chi connectivity index (χ2v) is 5.30. The van der Waals surface area contributed by atoms with E-state index in [0.717, 1.165) is 10.9 Å². The van der Waals surface area contributed by atoms with Crippen LogP contribution in [-0.2, 0) is 11.8 Å². The number of nitriles is 1. The average molecular weight is 319 g/mol. The highest BCUT2D eigenvalue weighted by molar-refractivity contribution is 6.02. The van der Waals surface area contributed by atoms with Gasteiger partial charge in [0.25, 0.3) is 0 Å². The monoisotopic (exact) mass is 319 g/mol. The van der Waals surface area contributed by atoms with Gasteiger partial charge in [0.15, 0.2) is 0 Å². The fourth-order valence-corrected chi connectivity index (χ4v) is 2.67. The van der Waals surface area contributed by atoms with E-state index in [1.807, 2.05) is 11.6 Å². The lowest BCUT2D eigenvalue weighted by Gasteiger charge is -2.17. The molecule has 3 rings (SSSR count). The number of fused-ring (bicyclic) bond motifs is 1. The van der Waals surface area contributed by atoms with E-state index in [2.05, 4.69) is 6.07 Å². The summed E-state index contributed by atoms with van der Waals surface area (Å²) in [4.78, 5) is 24.2. The van der Waals surface area contributed by atoms with Gasteiger partial charge in [-0.15, -0.1) is 0 Å². The number of aromatic carboxylic acids is 1. The second kappa shape index (κ2) is 5.89. The van der Waals surface area contributed by atoms with Gasteiger partial charge in [-0.25, -0.2) is 4.79 Å². The first kappa shape index (κ1) is 15.3. The molecule has 1 amide bonds. The molecule has 118 valence electrons. The average Bonchev–Trinajstić information content (AvgIpc) is 2.92. The van der Waals surface area contributed by atoms with Crippen molar-refractivity contribution >= 4 is 34.7 Å². The minimum Gasteiger partial charge on any atom is -0.478 e. The zero-order chi connectivity index (χ0) is 17.3. The molecular weight excluding hydrogens is 306 g/mol. The van der Waals surface area contributed by atoms with Crippen LogP contribution >= 0.6 is 0 Å². The third kappa shape index (κ3) is 2.48. The number of carboxylic acids is 1. The van der Waals surface area contributed by atoms with Crippen LogP contribution in [0.2, 0.25) is 0 Å². The summed E-state index contributed by atoms with van der Waals surface area (Å²) in [6, 6.07) is 13.5. The van der Waals surface area contributed by atoms with Crippen LogP contribution in [-0.4, -0.2) is 22.1 Å². The molecule has 6 heteroatoms. The molecule has 0 bridgehead atoms. The molecule has 0 unspecified atom stereocenters. The topological polar surface area (TPSA) is 86.3 Å². The number of carbonyl (C=O) groups is 2. The normalized spacial score (nSPS) is 10.3. The molecule has 0 atom stereocenters. The maximum Gasteiger partial charge on any atom is 0.335 e. The molecule has 0 fully saturated rings. The van der Waals surface area contributed by atoms with Crippen molar-refractivity contribution in [2.75, 3.05) is 4.90 Å². The molecule has 0 aliphatic carbocycles. The van der Waals surface area contributed by atoms with Gasteiger partial charge in [0.05, 0.1) is 28.4 Å². The number of carbonyl (C=O) groups excluding carboxylic acids is 1. The quantitative estimate of drug-likeness (QED) is 0.749. The van der Waals surface area contributed by atoms with E-state index in [9.17, 15) is 9.59 Å². The van der Waals surface area contributed by atoms with Gasteiger partial charge in [-0.3, -0.25) is 9.69 Å². The number of aromatic nitrogens is 1. The smallest absolute Gasteiger partial charge is 0.335 e. The van der Waals surface area contributed by atoms with E-state index in [4.69, 9.17) is 10.4 Å². The second-order valence-electron chi connectivity index (χ2n) is 5.30. The van der Waals surface area contributed by atoms with Crippen molar-refractivity contribution in [1.82, 2.24) is 4.57 Å². The fourth-order valence-electron chi connectivity index (χ4n) is 2.67. The van der Waals surface area contributed by atoms with Gasteiger partial charge in [0.2, 0.25) is 6.41 Å². The standard InChI is InChI=1S/C18H13N3O3/c1-20-10-17(15-6-5-12(9-19)7-16(15)20)21(11-22)14-4-2-3-13(8-14)18(23)24/h2-8,10-11H,1H3,(H,23,24). The predicted octanol–water partition coefficient (Wildman–Crippen LogP) is 3.04. The van der Waals surface area contributed by atoms with Crippen LogP contribution in [0.5, 0.6) is 0 Å². The Morgan fingerprint density at radius 2 is 2.08 bits per heavy atom. The lowest BCUT2D eigenvalue weighted by atomic mass is 10.1. The number of amides is 1. The van der Waals surface area contributed by atoms with E-state index in [-0.39, 0.29) is 5.56 Å².